The number of nitrogens with zero attached hydrogens (tertiary/aromatic N) is 2. The van der Waals surface area contributed by atoms with E-state index in [1.54, 1.807) is 0 Å². The molecule has 5 heteroatoms. The fourth-order valence-corrected chi connectivity index (χ4v) is 1.91. The van der Waals surface area contributed by atoms with Crippen molar-refractivity contribution < 1.29 is 4.52 Å². The number of anilines is 1. The van der Waals surface area contributed by atoms with Gasteiger partial charge in [-0.3, -0.25) is 0 Å². The SMILES string of the molecule is Cc1ccc(-c2noc(NC3CC3)n2)cc1Br. The zero-order valence-corrected chi connectivity index (χ0v) is 11.0. The van der Waals surface area contributed by atoms with Crippen LogP contribution in [0.4, 0.5) is 6.01 Å². The number of benzene rings is 1. The maximum absolute atomic E-state index is 5.15. The Morgan fingerprint density at radius 2 is 2.24 bits per heavy atom. The van der Waals surface area contributed by atoms with Crippen LogP contribution in [0.15, 0.2) is 27.2 Å². The van der Waals surface area contributed by atoms with E-state index in [1.807, 2.05) is 25.1 Å². The van der Waals surface area contributed by atoms with Crippen LogP contribution in [0.25, 0.3) is 11.4 Å². The van der Waals surface area contributed by atoms with Gasteiger partial charge >= 0.3 is 6.01 Å². The van der Waals surface area contributed by atoms with E-state index in [0.717, 1.165) is 10.0 Å². The fraction of sp³-hybridized carbons (Fsp3) is 0.333. The second-order valence-electron chi connectivity index (χ2n) is 4.31. The molecule has 0 spiro atoms. The number of hydrogen-bond acceptors (Lipinski definition) is 4. The van der Waals surface area contributed by atoms with E-state index in [2.05, 4.69) is 31.4 Å². The normalized spacial score (nSPS) is 14.9. The van der Waals surface area contributed by atoms with Gasteiger partial charge in [0.1, 0.15) is 0 Å². The molecule has 0 radical (unpaired) electrons. The molecule has 0 unspecified atom stereocenters. The molecule has 88 valence electrons. The smallest absolute Gasteiger partial charge is 0.322 e. The third-order valence-electron chi connectivity index (χ3n) is 2.76. The van der Waals surface area contributed by atoms with Crippen molar-refractivity contribution in [3.8, 4) is 11.4 Å². The molecule has 0 saturated heterocycles. The highest BCUT2D eigenvalue weighted by Gasteiger charge is 2.23. The van der Waals surface area contributed by atoms with Gasteiger partial charge in [0.05, 0.1) is 0 Å². The second-order valence-corrected chi connectivity index (χ2v) is 5.16. The summed E-state index contributed by atoms with van der Waals surface area (Å²) in [5, 5.41) is 7.15. The van der Waals surface area contributed by atoms with Crippen LogP contribution in [0.1, 0.15) is 18.4 Å². The molecule has 1 N–H and O–H groups in total. The Morgan fingerprint density at radius 1 is 1.41 bits per heavy atom. The molecule has 1 aromatic carbocycles. The lowest BCUT2D eigenvalue weighted by molar-refractivity contribution is 0.432. The van der Waals surface area contributed by atoms with Crippen LogP contribution >= 0.6 is 15.9 Å². The van der Waals surface area contributed by atoms with Crippen LogP contribution in [0.2, 0.25) is 0 Å². The van der Waals surface area contributed by atoms with Gasteiger partial charge in [-0.2, -0.15) is 4.98 Å². The van der Waals surface area contributed by atoms with Gasteiger partial charge in [0.15, 0.2) is 0 Å². The molecule has 1 saturated carbocycles. The molecule has 1 aromatic heterocycles. The molecule has 1 heterocycles. The summed E-state index contributed by atoms with van der Waals surface area (Å²) in [5.74, 6) is 0.619. The van der Waals surface area contributed by atoms with Crippen molar-refractivity contribution in [2.24, 2.45) is 0 Å². The minimum absolute atomic E-state index is 0.513. The van der Waals surface area contributed by atoms with Crippen LogP contribution in [-0.2, 0) is 0 Å². The van der Waals surface area contributed by atoms with Crippen molar-refractivity contribution in [1.82, 2.24) is 10.1 Å². The van der Waals surface area contributed by atoms with E-state index in [9.17, 15) is 0 Å². The van der Waals surface area contributed by atoms with Gasteiger partial charge in [0, 0.05) is 16.1 Å². The maximum atomic E-state index is 5.15. The fourth-order valence-electron chi connectivity index (χ4n) is 1.53. The molecule has 1 aliphatic rings. The summed E-state index contributed by atoms with van der Waals surface area (Å²) in [6, 6.07) is 7.06. The monoisotopic (exact) mass is 293 g/mol. The summed E-state index contributed by atoms with van der Waals surface area (Å²) in [5.41, 5.74) is 2.14. The molecule has 1 aliphatic carbocycles. The quantitative estimate of drug-likeness (QED) is 0.942. The van der Waals surface area contributed by atoms with Crippen molar-refractivity contribution in [1.29, 1.82) is 0 Å². The Balaban J connectivity index is 1.86. The highest BCUT2D eigenvalue weighted by atomic mass is 79.9. The first-order valence-corrected chi connectivity index (χ1v) is 6.38. The summed E-state index contributed by atoms with van der Waals surface area (Å²) < 4.78 is 6.20. The van der Waals surface area contributed by atoms with Gasteiger partial charge < -0.3 is 9.84 Å². The minimum atomic E-state index is 0.513. The largest absolute Gasteiger partial charge is 0.335 e. The van der Waals surface area contributed by atoms with Crippen LogP contribution in [0, 0.1) is 6.92 Å². The van der Waals surface area contributed by atoms with Crippen LogP contribution in [0.5, 0.6) is 0 Å². The van der Waals surface area contributed by atoms with Crippen LogP contribution < -0.4 is 5.32 Å². The number of aryl methyl sites for hydroxylation is 1. The van der Waals surface area contributed by atoms with Gasteiger partial charge in [-0.25, -0.2) is 0 Å². The summed E-state index contributed by atoms with van der Waals surface area (Å²) >= 11 is 3.50. The molecule has 0 aliphatic heterocycles. The number of aromatic nitrogens is 2. The summed E-state index contributed by atoms with van der Waals surface area (Å²) in [6.07, 6.45) is 2.38. The minimum Gasteiger partial charge on any atom is -0.335 e. The van der Waals surface area contributed by atoms with Crippen molar-refractivity contribution in [2.45, 2.75) is 25.8 Å². The zero-order valence-electron chi connectivity index (χ0n) is 9.40. The second kappa shape index (κ2) is 4.14. The topological polar surface area (TPSA) is 51.0 Å². The summed E-state index contributed by atoms with van der Waals surface area (Å²) in [7, 11) is 0. The Morgan fingerprint density at radius 3 is 2.94 bits per heavy atom. The van der Waals surface area contributed by atoms with E-state index in [4.69, 9.17) is 4.52 Å². The number of hydrogen-bond donors (Lipinski definition) is 1. The number of halogens is 1. The molecule has 3 rings (SSSR count). The van der Waals surface area contributed by atoms with E-state index in [0.29, 0.717) is 17.9 Å². The van der Waals surface area contributed by atoms with Crippen molar-refractivity contribution in [3.63, 3.8) is 0 Å². The first kappa shape index (κ1) is 10.8. The van der Waals surface area contributed by atoms with Crippen molar-refractivity contribution in [3.05, 3.63) is 28.2 Å². The van der Waals surface area contributed by atoms with Gasteiger partial charge in [-0.1, -0.05) is 33.2 Å². The van der Waals surface area contributed by atoms with E-state index in [-0.39, 0.29) is 0 Å². The molecule has 0 bridgehead atoms. The van der Waals surface area contributed by atoms with E-state index >= 15 is 0 Å². The third kappa shape index (κ3) is 2.34. The Kier molecular flexibility index (Phi) is 2.63. The van der Waals surface area contributed by atoms with Gasteiger partial charge in [0.25, 0.3) is 0 Å². The molecular formula is C12H12BrN3O. The molecule has 2 aromatic rings. The Labute approximate surface area is 108 Å². The number of nitrogens with one attached hydrogen (secondary N) is 1. The maximum Gasteiger partial charge on any atom is 0.322 e. The third-order valence-corrected chi connectivity index (χ3v) is 3.62. The molecule has 1 fully saturated rings. The molecule has 0 atom stereocenters. The standard InChI is InChI=1S/C12H12BrN3O/c1-7-2-3-8(6-10(7)13)11-15-12(17-16-11)14-9-4-5-9/h2-3,6,9H,4-5H2,1H3,(H,14,15,16). The van der Waals surface area contributed by atoms with Crippen molar-refractivity contribution >= 4 is 21.9 Å². The highest BCUT2D eigenvalue weighted by Crippen LogP contribution is 2.27. The summed E-state index contributed by atoms with van der Waals surface area (Å²) in [4.78, 5) is 4.32. The number of rotatable bonds is 3. The lowest BCUT2D eigenvalue weighted by atomic mass is 10.1. The van der Waals surface area contributed by atoms with E-state index < -0.39 is 0 Å². The molecule has 17 heavy (non-hydrogen) atoms. The highest BCUT2D eigenvalue weighted by molar-refractivity contribution is 9.10. The first-order chi connectivity index (χ1) is 8.22. The van der Waals surface area contributed by atoms with Crippen LogP contribution in [-0.4, -0.2) is 16.2 Å². The van der Waals surface area contributed by atoms with Gasteiger partial charge in [-0.15, -0.1) is 0 Å². The van der Waals surface area contributed by atoms with Crippen molar-refractivity contribution in [2.75, 3.05) is 5.32 Å². The first-order valence-electron chi connectivity index (χ1n) is 5.59. The average molecular weight is 294 g/mol. The van der Waals surface area contributed by atoms with E-state index in [1.165, 1.54) is 18.4 Å². The average Bonchev–Trinajstić information content (AvgIpc) is 2.99. The predicted octanol–water partition coefficient (Wildman–Crippen LogP) is 3.38. The lowest BCUT2D eigenvalue weighted by Crippen LogP contribution is -2.00. The molecule has 0 amide bonds. The van der Waals surface area contributed by atoms with Gasteiger partial charge in [-0.05, 0) is 31.4 Å². The van der Waals surface area contributed by atoms with Crippen LogP contribution in [0.3, 0.4) is 0 Å². The lowest BCUT2D eigenvalue weighted by Gasteiger charge is -1.99. The molecular weight excluding hydrogens is 282 g/mol. The Hall–Kier alpha value is -1.36. The molecule has 4 nitrogen and oxygen atoms in total. The zero-order chi connectivity index (χ0) is 11.8. The predicted molar refractivity (Wildman–Crippen MR) is 68.8 cm³/mol. The summed E-state index contributed by atoms with van der Waals surface area (Å²) in [6.45, 7) is 2.05. The Bertz CT molecular complexity index is 548. The van der Waals surface area contributed by atoms with Gasteiger partial charge in [0.2, 0.25) is 5.82 Å².